The fourth-order valence-corrected chi connectivity index (χ4v) is 4.91. The third-order valence-electron chi connectivity index (χ3n) is 5.91. The molecule has 1 N–H and O–H groups in total. The molecule has 0 fully saturated rings. The highest BCUT2D eigenvalue weighted by Gasteiger charge is 2.35. The molecule has 2 aromatic carbocycles. The fraction of sp³-hybridized carbons (Fsp3) is 0.462. The molecule has 2 rings (SSSR count). The molecular formula is C26H33ClF3N3O4S. The molecule has 0 aliphatic rings. The van der Waals surface area contributed by atoms with Gasteiger partial charge in [0.25, 0.3) is 0 Å². The summed E-state index contributed by atoms with van der Waals surface area (Å²) in [5, 5.41) is 2.53. The van der Waals surface area contributed by atoms with Crippen LogP contribution in [0.2, 0.25) is 5.02 Å². The second-order valence-electron chi connectivity index (χ2n) is 9.01. The molecule has 0 aliphatic heterocycles. The molecule has 7 nitrogen and oxygen atoms in total. The Balaban J connectivity index is 2.50. The Morgan fingerprint density at radius 1 is 1.08 bits per heavy atom. The highest BCUT2D eigenvalue weighted by atomic mass is 35.5. The quantitative estimate of drug-likeness (QED) is 0.354. The van der Waals surface area contributed by atoms with Crippen LogP contribution in [-0.4, -0.2) is 50.5 Å². The van der Waals surface area contributed by atoms with Crippen molar-refractivity contribution in [3.63, 3.8) is 0 Å². The molecule has 0 radical (unpaired) electrons. The largest absolute Gasteiger partial charge is 0.416 e. The van der Waals surface area contributed by atoms with Crippen molar-refractivity contribution < 1.29 is 31.2 Å². The maximum atomic E-state index is 13.6. The van der Waals surface area contributed by atoms with Gasteiger partial charge in [0.2, 0.25) is 21.8 Å². The molecular weight excluding hydrogens is 543 g/mol. The summed E-state index contributed by atoms with van der Waals surface area (Å²) < 4.78 is 66.0. The summed E-state index contributed by atoms with van der Waals surface area (Å²) in [5.41, 5.74) is 0.0921. The van der Waals surface area contributed by atoms with Crippen LogP contribution < -0.4 is 9.62 Å². The number of aryl methyl sites for hydroxylation is 1. The van der Waals surface area contributed by atoms with Crippen LogP contribution in [0.3, 0.4) is 0 Å². The number of nitrogens with one attached hydrogen (secondary N) is 1. The third-order valence-corrected chi connectivity index (χ3v) is 7.36. The summed E-state index contributed by atoms with van der Waals surface area (Å²) in [5.74, 6) is -1.16. The highest BCUT2D eigenvalue weighted by Crippen LogP contribution is 2.36. The lowest BCUT2D eigenvalue weighted by atomic mass is 10.1. The first-order valence-electron chi connectivity index (χ1n) is 12.2. The number of nitrogens with zero attached hydrogens (tertiary/aromatic N) is 2. The molecule has 0 saturated carbocycles. The van der Waals surface area contributed by atoms with Crippen molar-refractivity contribution in [1.82, 2.24) is 10.2 Å². The summed E-state index contributed by atoms with van der Waals surface area (Å²) in [6.45, 7) is 5.14. The highest BCUT2D eigenvalue weighted by molar-refractivity contribution is 7.92. The Morgan fingerprint density at radius 3 is 2.24 bits per heavy atom. The number of anilines is 1. The van der Waals surface area contributed by atoms with Crippen LogP contribution in [0.15, 0.2) is 42.5 Å². The summed E-state index contributed by atoms with van der Waals surface area (Å²) in [7, 11) is -4.25. The van der Waals surface area contributed by atoms with Gasteiger partial charge in [0.05, 0.1) is 22.5 Å². The number of carbonyl (C=O) groups excluding carboxylic acids is 2. The lowest BCUT2D eigenvalue weighted by Gasteiger charge is -2.33. The van der Waals surface area contributed by atoms with Gasteiger partial charge in [-0.1, -0.05) is 61.7 Å². The van der Waals surface area contributed by atoms with E-state index in [2.05, 4.69) is 5.32 Å². The molecule has 2 aromatic rings. The number of amides is 2. The fourth-order valence-electron chi connectivity index (χ4n) is 3.79. The Bertz CT molecular complexity index is 1220. The van der Waals surface area contributed by atoms with E-state index in [9.17, 15) is 31.2 Å². The molecule has 2 amide bonds. The Morgan fingerprint density at radius 2 is 1.71 bits per heavy atom. The van der Waals surface area contributed by atoms with Crippen molar-refractivity contribution in [3.05, 3.63) is 64.2 Å². The first-order chi connectivity index (χ1) is 17.7. The van der Waals surface area contributed by atoms with Crippen LogP contribution in [0, 0.1) is 6.92 Å². The van der Waals surface area contributed by atoms with Crippen molar-refractivity contribution in [2.24, 2.45) is 0 Å². The minimum atomic E-state index is -4.76. The maximum Gasteiger partial charge on any atom is 0.416 e. The van der Waals surface area contributed by atoms with E-state index in [1.807, 2.05) is 26.0 Å². The molecule has 210 valence electrons. The Kier molecular flexibility index (Phi) is 11.0. The molecule has 1 atom stereocenters. The first-order valence-corrected chi connectivity index (χ1v) is 14.4. The number of hydrogen-bond acceptors (Lipinski definition) is 4. The number of hydrogen-bond donors (Lipinski definition) is 1. The zero-order chi connectivity index (χ0) is 28.7. The van der Waals surface area contributed by atoms with E-state index in [-0.39, 0.29) is 18.0 Å². The van der Waals surface area contributed by atoms with Crippen LogP contribution in [0.25, 0.3) is 0 Å². The lowest BCUT2D eigenvalue weighted by Crippen LogP contribution is -2.52. The number of carbonyl (C=O) groups is 2. The van der Waals surface area contributed by atoms with Gasteiger partial charge < -0.3 is 10.2 Å². The Hall–Kier alpha value is -2.79. The van der Waals surface area contributed by atoms with Crippen molar-refractivity contribution in [3.8, 4) is 0 Å². The molecule has 0 bridgehead atoms. The molecule has 0 spiro atoms. The van der Waals surface area contributed by atoms with Crippen LogP contribution in [0.4, 0.5) is 18.9 Å². The summed E-state index contributed by atoms with van der Waals surface area (Å²) in [6, 6.07) is 8.57. The van der Waals surface area contributed by atoms with E-state index in [1.165, 1.54) is 4.90 Å². The van der Waals surface area contributed by atoms with E-state index < -0.39 is 51.9 Å². The van der Waals surface area contributed by atoms with Gasteiger partial charge in [-0.25, -0.2) is 8.42 Å². The first kappa shape index (κ1) is 31.4. The molecule has 0 aromatic heterocycles. The van der Waals surface area contributed by atoms with Gasteiger partial charge in [-0.3, -0.25) is 13.9 Å². The summed E-state index contributed by atoms with van der Waals surface area (Å²) in [4.78, 5) is 27.9. The SMILES string of the molecule is CCCCNC(=O)[C@@H](CC)N(Cc1ccc(C)cc1)C(=O)CN(c1cc(C(F)(F)F)ccc1Cl)S(C)(=O)=O. The van der Waals surface area contributed by atoms with Gasteiger partial charge in [0.1, 0.15) is 12.6 Å². The van der Waals surface area contributed by atoms with E-state index >= 15 is 0 Å². The van der Waals surface area contributed by atoms with Crippen LogP contribution >= 0.6 is 11.6 Å². The van der Waals surface area contributed by atoms with Crippen LogP contribution in [0.1, 0.15) is 49.8 Å². The minimum Gasteiger partial charge on any atom is -0.354 e. The number of alkyl halides is 3. The van der Waals surface area contributed by atoms with Gasteiger partial charge >= 0.3 is 6.18 Å². The van der Waals surface area contributed by atoms with Crippen molar-refractivity contribution >= 4 is 39.1 Å². The van der Waals surface area contributed by atoms with Crippen LogP contribution in [0.5, 0.6) is 0 Å². The number of unbranched alkanes of at least 4 members (excludes halogenated alkanes) is 1. The number of sulfonamides is 1. The average Bonchev–Trinajstić information content (AvgIpc) is 2.82. The van der Waals surface area contributed by atoms with Crippen molar-refractivity contribution in [2.75, 3.05) is 23.7 Å². The molecule has 0 heterocycles. The van der Waals surface area contributed by atoms with E-state index in [1.54, 1.807) is 19.1 Å². The molecule has 38 heavy (non-hydrogen) atoms. The zero-order valence-electron chi connectivity index (χ0n) is 21.8. The standard InChI is InChI=1S/C26H33ClF3N3O4S/c1-5-7-14-31-25(35)22(6-2)32(16-19-10-8-18(3)9-11-19)24(34)17-33(38(4,36)37)23-15-20(26(28,29)30)12-13-21(23)27/h8-13,15,22H,5-7,14,16-17H2,1-4H3,(H,31,35)/t22-/m1/s1. The summed E-state index contributed by atoms with van der Waals surface area (Å²) in [6.07, 6.45) is -2.16. The predicted octanol–water partition coefficient (Wildman–Crippen LogP) is 5.16. The molecule has 12 heteroatoms. The van der Waals surface area contributed by atoms with Crippen molar-refractivity contribution in [2.45, 2.75) is 58.8 Å². The van der Waals surface area contributed by atoms with Gasteiger partial charge in [0, 0.05) is 13.1 Å². The molecule has 0 unspecified atom stereocenters. The van der Waals surface area contributed by atoms with E-state index in [4.69, 9.17) is 11.6 Å². The average molecular weight is 576 g/mol. The minimum absolute atomic E-state index is 0.00720. The second kappa shape index (κ2) is 13.3. The summed E-state index contributed by atoms with van der Waals surface area (Å²) >= 11 is 6.10. The molecule has 0 saturated heterocycles. The van der Waals surface area contributed by atoms with E-state index in [0.29, 0.717) is 22.5 Å². The van der Waals surface area contributed by atoms with Gasteiger partial charge in [-0.05, 0) is 43.5 Å². The maximum absolute atomic E-state index is 13.6. The normalized spacial score (nSPS) is 12.6. The van der Waals surface area contributed by atoms with Crippen LogP contribution in [-0.2, 0) is 32.3 Å². The predicted molar refractivity (Wildman–Crippen MR) is 142 cm³/mol. The van der Waals surface area contributed by atoms with Gasteiger partial charge in [0.15, 0.2) is 0 Å². The van der Waals surface area contributed by atoms with Gasteiger partial charge in [-0.15, -0.1) is 0 Å². The van der Waals surface area contributed by atoms with Gasteiger partial charge in [-0.2, -0.15) is 13.2 Å². The zero-order valence-corrected chi connectivity index (χ0v) is 23.4. The topological polar surface area (TPSA) is 86.8 Å². The smallest absolute Gasteiger partial charge is 0.354 e. The van der Waals surface area contributed by atoms with Crippen molar-refractivity contribution in [1.29, 1.82) is 0 Å². The molecule has 0 aliphatic carbocycles. The second-order valence-corrected chi connectivity index (χ2v) is 11.3. The number of benzene rings is 2. The number of rotatable bonds is 12. The Labute approximate surface area is 227 Å². The third kappa shape index (κ3) is 8.62. The lowest BCUT2D eigenvalue weighted by molar-refractivity contribution is -0.140. The van der Waals surface area contributed by atoms with E-state index in [0.717, 1.165) is 36.8 Å². The monoisotopic (exact) mass is 575 g/mol. The number of halogens is 4.